The smallest absolute Gasteiger partial charge is 0.306 e. The third-order valence-corrected chi connectivity index (χ3v) is 5.05. The molecule has 2 N–H and O–H groups in total. The molecular weight excluding hydrogens is 306 g/mol. The lowest BCUT2D eigenvalue weighted by Crippen LogP contribution is -2.34. The minimum Gasteiger partial charge on any atom is -0.491 e. The van der Waals surface area contributed by atoms with E-state index in [-0.39, 0.29) is 12.0 Å². The molecule has 1 saturated heterocycles. The SMILES string of the molecule is O=C(O)C1CCC(NCc2ccc(OCC3CCCO3)cc2)CC1. The molecule has 1 atom stereocenters. The van der Waals surface area contributed by atoms with E-state index in [1.165, 1.54) is 5.56 Å². The molecule has 0 aromatic heterocycles. The number of carboxylic acids is 1. The van der Waals surface area contributed by atoms with E-state index in [0.29, 0.717) is 12.6 Å². The summed E-state index contributed by atoms with van der Waals surface area (Å²) in [5.74, 6) is 0.0894. The van der Waals surface area contributed by atoms with E-state index in [4.69, 9.17) is 14.6 Å². The molecule has 1 heterocycles. The fourth-order valence-corrected chi connectivity index (χ4v) is 3.48. The third kappa shape index (κ3) is 4.95. The highest BCUT2D eigenvalue weighted by Crippen LogP contribution is 2.24. The molecule has 0 bridgehead atoms. The van der Waals surface area contributed by atoms with Crippen LogP contribution in [-0.2, 0) is 16.1 Å². The minimum atomic E-state index is -0.646. The molecule has 1 unspecified atom stereocenters. The van der Waals surface area contributed by atoms with Gasteiger partial charge in [-0.2, -0.15) is 0 Å². The number of rotatable bonds is 7. The van der Waals surface area contributed by atoms with Gasteiger partial charge < -0.3 is 19.9 Å². The van der Waals surface area contributed by atoms with Crippen molar-refractivity contribution in [3.8, 4) is 5.75 Å². The lowest BCUT2D eigenvalue weighted by molar-refractivity contribution is -0.142. The molecule has 2 aliphatic rings. The monoisotopic (exact) mass is 333 g/mol. The highest BCUT2D eigenvalue weighted by atomic mass is 16.5. The van der Waals surface area contributed by atoms with Gasteiger partial charge in [0.25, 0.3) is 0 Å². The molecule has 0 amide bonds. The predicted molar refractivity (Wildman–Crippen MR) is 91.1 cm³/mol. The molecule has 0 radical (unpaired) electrons. The van der Waals surface area contributed by atoms with Crippen LogP contribution >= 0.6 is 0 Å². The largest absolute Gasteiger partial charge is 0.491 e. The van der Waals surface area contributed by atoms with E-state index in [1.807, 2.05) is 12.1 Å². The molecule has 1 aliphatic carbocycles. The fourth-order valence-electron chi connectivity index (χ4n) is 3.48. The number of ether oxygens (including phenoxy) is 2. The van der Waals surface area contributed by atoms with Crippen LogP contribution in [0, 0.1) is 5.92 Å². The maximum atomic E-state index is 11.0. The summed E-state index contributed by atoms with van der Waals surface area (Å²) in [6.07, 6.45) is 5.91. The Labute approximate surface area is 143 Å². The van der Waals surface area contributed by atoms with Gasteiger partial charge in [-0.15, -0.1) is 0 Å². The maximum absolute atomic E-state index is 11.0. The van der Waals surface area contributed by atoms with Crippen LogP contribution in [0.25, 0.3) is 0 Å². The standard InChI is InChI=1S/C19H27NO4/c21-19(22)15-5-7-16(8-6-15)20-12-14-3-9-17(10-4-14)24-13-18-2-1-11-23-18/h3-4,9-10,15-16,18,20H,1-2,5-8,11-13H2,(H,21,22). The van der Waals surface area contributed by atoms with Crippen LogP contribution in [0.3, 0.4) is 0 Å². The van der Waals surface area contributed by atoms with E-state index < -0.39 is 5.97 Å². The summed E-state index contributed by atoms with van der Waals surface area (Å²) in [5, 5.41) is 12.6. The van der Waals surface area contributed by atoms with Crippen molar-refractivity contribution in [2.24, 2.45) is 5.92 Å². The van der Waals surface area contributed by atoms with Crippen LogP contribution in [0.4, 0.5) is 0 Å². The van der Waals surface area contributed by atoms with Gasteiger partial charge in [-0.3, -0.25) is 4.79 Å². The molecule has 2 fully saturated rings. The lowest BCUT2D eigenvalue weighted by Gasteiger charge is -2.27. The number of nitrogens with one attached hydrogen (secondary N) is 1. The first-order chi connectivity index (χ1) is 11.7. The second kappa shape index (κ2) is 8.49. The Bertz CT molecular complexity index is 517. The summed E-state index contributed by atoms with van der Waals surface area (Å²) in [4.78, 5) is 11.0. The summed E-state index contributed by atoms with van der Waals surface area (Å²) in [7, 11) is 0. The van der Waals surface area contributed by atoms with Crippen molar-refractivity contribution in [2.45, 2.75) is 57.2 Å². The first kappa shape index (κ1) is 17.2. The molecule has 1 aromatic rings. The lowest BCUT2D eigenvalue weighted by atomic mass is 9.86. The van der Waals surface area contributed by atoms with Gasteiger partial charge >= 0.3 is 5.97 Å². The van der Waals surface area contributed by atoms with Crippen LogP contribution < -0.4 is 10.1 Å². The Morgan fingerprint density at radius 1 is 1.17 bits per heavy atom. The number of carboxylic acid groups (broad SMARTS) is 1. The second-order valence-electron chi connectivity index (χ2n) is 6.86. The van der Waals surface area contributed by atoms with Crippen LogP contribution in [0.15, 0.2) is 24.3 Å². The first-order valence-corrected chi connectivity index (χ1v) is 9.00. The Hall–Kier alpha value is -1.59. The van der Waals surface area contributed by atoms with Crippen molar-refractivity contribution in [2.75, 3.05) is 13.2 Å². The molecule has 0 spiro atoms. The van der Waals surface area contributed by atoms with Crippen molar-refractivity contribution in [1.29, 1.82) is 0 Å². The average molecular weight is 333 g/mol. The first-order valence-electron chi connectivity index (χ1n) is 9.00. The zero-order valence-corrected chi connectivity index (χ0v) is 14.1. The summed E-state index contributed by atoms with van der Waals surface area (Å²) in [5.41, 5.74) is 1.22. The molecular formula is C19H27NO4. The van der Waals surface area contributed by atoms with Crippen molar-refractivity contribution >= 4 is 5.97 Å². The van der Waals surface area contributed by atoms with E-state index >= 15 is 0 Å². The van der Waals surface area contributed by atoms with E-state index in [1.54, 1.807) is 0 Å². The summed E-state index contributed by atoms with van der Waals surface area (Å²) < 4.78 is 11.3. The number of hydrogen-bond donors (Lipinski definition) is 2. The average Bonchev–Trinajstić information content (AvgIpc) is 3.13. The minimum absolute atomic E-state index is 0.150. The van der Waals surface area contributed by atoms with Crippen LogP contribution in [0.5, 0.6) is 5.75 Å². The van der Waals surface area contributed by atoms with Gasteiger partial charge in [0.05, 0.1) is 12.0 Å². The highest BCUT2D eigenvalue weighted by Gasteiger charge is 2.25. The quantitative estimate of drug-likeness (QED) is 0.803. The van der Waals surface area contributed by atoms with Crippen molar-refractivity contribution in [3.05, 3.63) is 29.8 Å². The second-order valence-corrected chi connectivity index (χ2v) is 6.86. The molecule has 5 nitrogen and oxygen atoms in total. The van der Waals surface area contributed by atoms with E-state index in [0.717, 1.165) is 57.4 Å². The van der Waals surface area contributed by atoms with Gasteiger partial charge in [-0.05, 0) is 56.2 Å². The normalized spacial score (nSPS) is 27.1. The van der Waals surface area contributed by atoms with Gasteiger partial charge in [0.2, 0.25) is 0 Å². The maximum Gasteiger partial charge on any atom is 0.306 e. The Balaban J connectivity index is 1.37. The van der Waals surface area contributed by atoms with Gasteiger partial charge in [0.15, 0.2) is 0 Å². The van der Waals surface area contributed by atoms with E-state index in [2.05, 4.69) is 17.4 Å². The Morgan fingerprint density at radius 3 is 2.54 bits per heavy atom. The van der Waals surface area contributed by atoms with Gasteiger partial charge in [-0.1, -0.05) is 12.1 Å². The highest BCUT2D eigenvalue weighted by molar-refractivity contribution is 5.70. The number of hydrogen-bond acceptors (Lipinski definition) is 4. The topological polar surface area (TPSA) is 67.8 Å². The van der Waals surface area contributed by atoms with Crippen LogP contribution in [-0.4, -0.2) is 36.4 Å². The van der Waals surface area contributed by atoms with Gasteiger partial charge in [0.1, 0.15) is 12.4 Å². The Kier molecular flexibility index (Phi) is 6.10. The summed E-state index contributed by atoms with van der Waals surface area (Å²) in [6, 6.07) is 8.61. The zero-order valence-electron chi connectivity index (χ0n) is 14.1. The number of benzene rings is 1. The molecule has 5 heteroatoms. The Morgan fingerprint density at radius 2 is 1.92 bits per heavy atom. The van der Waals surface area contributed by atoms with Crippen molar-refractivity contribution in [3.63, 3.8) is 0 Å². The zero-order chi connectivity index (χ0) is 16.8. The van der Waals surface area contributed by atoms with Crippen LogP contribution in [0.2, 0.25) is 0 Å². The molecule has 1 aromatic carbocycles. The van der Waals surface area contributed by atoms with Gasteiger partial charge in [0, 0.05) is 19.2 Å². The van der Waals surface area contributed by atoms with Gasteiger partial charge in [-0.25, -0.2) is 0 Å². The van der Waals surface area contributed by atoms with Crippen LogP contribution in [0.1, 0.15) is 44.1 Å². The molecule has 24 heavy (non-hydrogen) atoms. The summed E-state index contributed by atoms with van der Waals surface area (Å²) in [6.45, 7) is 2.30. The predicted octanol–water partition coefficient (Wildman–Crippen LogP) is 2.98. The molecule has 1 saturated carbocycles. The number of carbonyl (C=O) groups is 1. The molecule has 132 valence electrons. The molecule has 1 aliphatic heterocycles. The summed E-state index contributed by atoms with van der Waals surface area (Å²) >= 11 is 0. The number of aliphatic carboxylic acids is 1. The third-order valence-electron chi connectivity index (χ3n) is 5.05. The van der Waals surface area contributed by atoms with Crippen molar-refractivity contribution < 1.29 is 19.4 Å². The van der Waals surface area contributed by atoms with E-state index in [9.17, 15) is 4.79 Å². The fraction of sp³-hybridized carbons (Fsp3) is 0.632. The van der Waals surface area contributed by atoms with Crippen molar-refractivity contribution in [1.82, 2.24) is 5.32 Å². The molecule has 3 rings (SSSR count).